The van der Waals surface area contributed by atoms with E-state index in [9.17, 15) is 15.1 Å². The highest BCUT2D eigenvalue weighted by atomic mass is 16.5. The van der Waals surface area contributed by atoms with Gasteiger partial charge < -0.3 is 5.11 Å². The average Bonchev–Trinajstić information content (AvgIpc) is 2.48. The van der Waals surface area contributed by atoms with Crippen molar-refractivity contribution in [1.82, 2.24) is 5.06 Å². The van der Waals surface area contributed by atoms with Crippen LogP contribution in [0.4, 0.5) is 0 Å². The van der Waals surface area contributed by atoms with Crippen molar-refractivity contribution >= 4 is 5.91 Å². The fraction of sp³-hybridized carbons (Fsp3) is 0.562. The van der Waals surface area contributed by atoms with E-state index >= 15 is 0 Å². The number of benzene rings is 1. The van der Waals surface area contributed by atoms with E-state index in [0.717, 1.165) is 24.8 Å². The molecule has 2 unspecified atom stereocenters. The number of unbranched alkanes of at least 4 members (excludes halogenated alkanes) is 4. The lowest BCUT2D eigenvalue weighted by Crippen LogP contribution is -2.46. The molecule has 1 amide bonds. The smallest absolute Gasteiger partial charge is 0.280 e. The van der Waals surface area contributed by atoms with Crippen molar-refractivity contribution in [2.45, 2.75) is 57.6 Å². The van der Waals surface area contributed by atoms with Crippen molar-refractivity contribution < 1.29 is 15.1 Å². The summed E-state index contributed by atoms with van der Waals surface area (Å²) in [6.45, 7) is 2.18. The SMILES string of the molecule is CCCCCCCC1c2ccccc2C(=O)N(O)C1O. The van der Waals surface area contributed by atoms with Gasteiger partial charge in [0.15, 0.2) is 6.23 Å². The van der Waals surface area contributed by atoms with Gasteiger partial charge in [-0.25, -0.2) is 0 Å². The van der Waals surface area contributed by atoms with E-state index in [0.29, 0.717) is 10.6 Å². The molecule has 2 rings (SSSR count). The van der Waals surface area contributed by atoms with Crippen LogP contribution in [0.5, 0.6) is 0 Å². The van der Waals surface area contributed by atoms with Gasteiger partial charge >= 0.3 is 0 Å². The zero-order chi connectivity index (χ0) is 14.5. The summed E-state index contributed by atoms with van der Waals surface area (Å²) in [7, 11) is 0. The molecule has 0 spiro atoms. The third kappa shape index (κ3) is 3.02. The number of nitrogens with zero attached hydrogens (tertiary/aromatic N) is 1. The van der Waals surface area contributed by atoms with Crippen LogP contribution in [0.2, 0.25) is 0 Å². The maximum absolute atomic E-state index is 11.9. The fourth-order valence-corrected chi connectivity index (χ4v) is 2.86. The first kappa shape index (κ1) is 15.0. The number of aliphatic hydroxyl groups excluding tert-OH is 1. The minimum Gasteiger partial charge on any atom is -0.371 e. The van der Waals surface area contributed by atoms with Crippen LogP contribution >= 0.6 is 0 Å². The first-order chi connectivity index (χ1) is 9.66. The second-order valence-electron chi connectivity index (χ2n) is 5.46. The summed E-state index contributed by atoms with van der Waals surface area (Å²) < 4.78 is 0. The van der Waals surface area contributed by atoms with Gasteiger partial charge in [-0.2, -0.15) is 5.06 Å². The minimum atomic E-state index is -1.14. The van der Waals surface area contributed by atoms with Crippen LogP contribution in [0.3, 0.4) is 0 Å². The van der Waals surface area contributed by atoms with E-state index in [1.807, 2.05) is 12.1 Å². The van der Waals surface area contributed by atoms with Gasteiger partial charge in [-0.1, -0.05) is 57.2 Å². The standard InChI is InChI=1S/C16H23NO3/c1-2-3-4-5-6-10-13-12-9-7-8-11-14(12)16(19)17(20)15(13)18/h7-9,11,13,15,18,20H,2-6,10H2,1H3. The predicted molar refractivity (Wildman–Crippen MR) is 76.5 cm³/mol. The molecular weight excluding hydrogens is 254 g/mol. The average molecular weight is 277 g/mol. The van der Waals surface area contributed by atoms with Crippen molar-refractivity contribution in [3.05, 3.63) is 35.4 Å². The highest BCUT2D eigenvalue weighted by Gasteiger charge is 2.37. The number of hydrogen-bond acceptors (Lipinski definition) is 3. The van der Waals surface area contributed by atoms with Crippen molar-refractivity contribution in [2.75, 3.05) is 0 Å². The highest BCUT2D eigenvalue weighted by Crippen LogP contribution is 2.34. The van der Waals surface area contributed by atoms with Gasteiger partial charge in [0.05, 0.1) is 0 Å². The molecule has 0 aromatic heterocycles. The normalized spacial score (nSPS) is 21.9. The lowest BCUT2D eigenvalue weighted by Gasteiger charge is -2.35. The van der Waals surface area contributed by atoms with E-state index in [1.54, 1.807) is 12.1 Å². The summed E-state index contributed by atoms with van der Waals surface area (Å²) in [6.07, 6.45) is 5.40. The maximum Gasteiger partial charge on any atom is 0.280 e. The van der Waals surface area contributed by atoms with Crippen LogP contribution < -0.4 is 0 Å². The fourth-order valence-electron chi connectivity index (χ4n) is 2.86. The Morgan fingerprint density at radius 2 is 1.85 bits per heavy atom. The number of aliphatic hydroxyl groups is 1. The number of amides is 1. The summed E-state index contributed by atoms with van der Waals surface area (Å²) in [5, 5.41) is 20.3. The van der Waals surface area contributed by atoms with E-state index in [2.05, 4.69) is 6.92 Å². The van der Waals surface area contributed by atoms with Gasteiger partial charge in [0.25, 0.3) is 5.91 Å². The molecule has 2 N–H and O–H groups in total. The van der Waals surface area contributed by atoms with E-state index in [4.69, 9.17) is 0 Å². The van der Waals surface area contributed by atoms with Gasteiger partial charge in [-0.3, -0.25) is 10.0 Å². The highest BCUT2D eigenvalue weighted by molar-refractivity contribution is 5.96. The maximum atomic E-state index is 11.9. The molecule has 1 aliphatic rings. The zero-order valence-electron chi connectivity index (χ0n) is 12.0. The van der Waals surface area contributed by atoms with Crippen LogP contribution in [-0.4, -0.2) is 27.5 Å². The van der Waals surface area contributed by atoms with Crippen molar-refractivity contribution in [1.29, 1.82) is 0 Å². The molecule has 20 heavy (non-hydrogen) atoms. The molecule has 1 aliphatic heterocycles. The first-order valence-corrected chi connectivity index (χ1v) is 7.46. The molecule has 110 valence electrons. The Labute approximate surface area is 120 Å². The van der Waals surface area contributed by atoms with Gasteiger partial charge in [0.2, 0.25) is 0 Å². The van der Waals surface area contributed by atoms with Gasteiger partial charge in [0, 0.05) is 11.5 Å². The quantitative estimate of drug-likeness (QED) is 0.619. The lowest BCUT2D eigenvalue weighted by molar-refractivity contribution is -0.171. The molecule has 1 heterocycles. The Balaban J connectivity index is 2.07. The van der Waals surface area contributed by atoms with Gasteiger partial charge in [-0.15, -0.1) is 0 Å². The number of hydroxylamine groups is 2. The van der Waals surface area contributed by atoms with Gasteiger partial charge in [0.1, 0.15) is 0 Å². The van der Waals surface area contributed by atoms with E-state index in [1.165, 1.54) is 19.3 Å². The molecule has 0 saturated heterocycles. The Morgan fingerprint density at radius 1 is 1.15 bits per heavy atom. The second-order valence-corrected chi connectivity index (χ2v) is 5.46. The van der Waals surface area contributed by atoms with E-state index in [-0.39, 0.29) is 5.92 Å². The molecule has 0 fully saturated rings. The minimum absolute atomic E-state index is 0.199. The van der Waals surface area contributed by atoms with Crippen molar-refractivity contribution in [2.24, 2.45) is 0 Å². The summed E-state index contributed by atoms with van der Waals surface area (Å²) in [4.78, 5) is 11.9. The molecule has 0 bridgehead atoms. The van der Waals surface area contributed by atoms with E-state index < -0.39 is 12.1 Å². The Bertz CT molecular complexity index is 461. The molecular formula is C16H23NO3. The van der Waals surface area contributed by atoms with Crippen LogP contribution in [0.15, 0.2) is 24.3 Å². The molecule has 1 aromatic rings. The zero-order valence-corrected chi connectivity index (χ0v) is 12.0. The predicted octanol–water partition coefficient (Wildman–Crippen LogP) is 3.29. The molecule has 1 aromatic carbocycles. The molecule has 0 saturated carbocycles. The molecule has 4 nitrogen and oxygen atoms in total. The third-order valence-electron chi connectivity index (χ3n) is 4.03. The Kier molecular flexibility index (Phi) is 5.15. The number of carbonyl (C=O) groups is 1. The van der Waals surface area contributed by atoms with Crippen LogP contribution in [0, 0.1) is 0 Å². The number of rotatable bonds is 6. The summed E-state index contributed by atoms with van der Waals surface area (Å²) >= 11 is 0. The van der Waals surface area contributed by atoms with Crippen molar-refractivity contribution in [3.8, 4) is 0 Å². The topological polar surface area (TPSA) is 60.8 Å². The largest absolute Gasteiger partial charge is 0.371 e. The van der Waals surface area contributed by atoms with Gasteiger partial charge in [-0.05, 0) is 18.1 Å². The Hall–Kier alpha value is -1.39. The monoisotopic (exact) mass is 277 g/mol. The number of carbonyl (C=O) groups excluding carboxylic acids is 1. The molecule has 2 atom stereocenters. The molecule has 4 heteroatoms. The van der Waals surface area contributed by atoms with Crippen LogP contribution in [-0.2, 0) is 0 Å². The molecule has 0 aliphatic carbocycles. The van der Waals surface area contributed by atoms with Crippen LogP contribution in [0.25, 0.3) is 0 Å². The Morgan fingerprint density at radius 3 is 2.60 bits per heavy atom. The molecule has 0 radical (unpaired) electrons. The summed E-state index contributed by atoms with van der Waals surface area (Å²) in [5.41, 5.74) is 1.35. The first-order valence-electron chi connectivity index (χ1n) is 7.46. The number of fused-ring (bicyclic) bond motifs is 1. The third-order valence-corrected chi connectivity index (χ3v) is 4.03. The summed E-state index contributed by atoms with van der Waals surface area (Å²) in [5.74, 6) is -0.717. The summed E-state index contributed by atoms with van der Waals surface area (Å²) in [6, 6.07) is 7.23. The lowest BCUT2D eigenvalue weighted by atomic mass is 9.85. The number of hydrogen-bond donors (Lipinski definition) is 2. The van der Waals surface area contributed by atoms with Crippen molar-refractivity contribution in [3.63, 3.8) is 0 Å². The van der Waals surface area contributed by atoms with Crippen LogP contribution in [0.1, 0.15) is 67.3 Å². The second kappa shape index (κ2) is 6.86.